The van der Waals surface area contributed by atoms with Crippen molar-refractivity contribution in [2.75, 3.05) is 12.4 Å². The molecule has 0 aliphatic heterocycles. The quantitative estimate of drug-likeness (QED) is 0.156. The molecule has 0 spiro atoms. The Balaban J connectivity index is 1.84. The Bertz CT molecular complexity index is 1710. The molecule has 4 aromatic carbocycles. The standard InChI is InChI=1S/C26H21Cl2N3O6S/c1-3-15-20(12-11-19(28)25(15)38(34,35)36)30-31-22-16-8-5-4-7-14(16)13-17(23(22)32)26(33)29-21-10-6-9-18(27)24(21)37-2/h4-13,32H,3H2,1-2H3,(H,29,33)(H,34,35,36). The number of rotatable bonds is 7. The van der Waals surface area contributed by atoms with Gasteiger partial charge in [0, 0.05) is 10.9 Å². The molecule has 0 saturated carbocycles. The van der Waals surface area contributed by atoms with E-state index in [2.05, 4.69) is 15.5 Å². The zero-order valence-corrected chi connectivity index (χ0v) is 22.4. The molecule has 0 fully saturated rings. The van der Waals surface area contributed by atoms with Gasteiger partial charge >= 0.3 is 0 Å². The van der Waals surface area contributed by atoms with E-state index in [1.807, 2.05) is 0 Å². The molecule has 0 atom stereocenters. The Kier molecular flexibility index (Phi) is 7.89. The fraction of sp³-hybridized carbons (Fsp3) is 0.115. The van der Waals surface area contributed by atoms with Crippen LogP contribution in [0.2, 0.25) is 10.0 Å². The SMILES string of the molecule is CCc1c(N=Nc2c(O)c(C(=O)Nc3cccc(Cl)c3OC)cc3ccccc23)ccc(Cl)c1S(=O)(=O)O. The van der Waals surface area contributed by atoms with Crippen LogP contribution in [0.1, 0.15) is 22.8 Å². The number of methoxy groups -OCH3 is 1. The summed E-state index contributed by atoms with van der Waals surface area (Å²) in [6.07, 6.45) is 0.167. The van der Waals surface area contributed by atoms with Crippen molar-refractivity contribution in [3.63, 3.8) is 0 Å². The Morgan fingerprint density at radius 1 is 1.03 bits per heavy atom. The summed E-state index contributed by atoms with van der Waals surface area (Å²) in [6.45, 7) is 1.67. The van der Waals surface area contributed by atoms with Gasteiger partial charge in [-0.25, -0.2) is 0 Å². The maximum absolute atomic E-state index is 13.2. The number of nitrogens with one attached hydrogen (secondary N) is 1. The van der Waals surface area contributed by atoms with E-state index < -0.39 is 26.7 Å². The van der Waals surface area contributed by atoms with E-state index in [9.17, 15) is 22.9 Å². The third-order valence-corrected chi connectivity index (χ3v) is 7.42. The van der Waals surface area contributed by atoms with Crippen LogP contribution in [-0.4, -0.2) is 31.1 Å². The molecule has 0 radical (unpaired) electrons. The average Bonchev–Trinajstić information content (AvgIpc) is 2.87. The van der Waals surface area contributed by atoms with Crippen LogP contribution >= 0.6 is 23.2 Å². The van der Waals surface area contributed by atoms with Crippen LogP contribution in [0.5, 0.6) is 11.5 Å². The predicted molar refractivity (Wildman–Crippen MR) is 146 cm³/mol. The van der Waals surface area contributed by atoms with Crippen LogP contribution in [0.15, 0.2) is 75.8 Å². The van der Waals surface area contributed by atoms with Crippen LogP contribution in [0, 0.1) is 0 Å². The number of anilines is 1. The van der Waals surface area contributed by atoms with Crippen molar-refractivity contribution in [3.05, 3.63) is 81.8 Å². The Morgan fingerprint density at radius 3 is 2.45 bits per heavy atom. The number of nitrogens with zero attached hydrogens (tertiary/aromatic N) is 2. The molecule has 0 aromatic heterocycles. The van der Waals surface area contributed by atoms with Gasteiger partial charge in [0.05, 0.1) is 34.1 Å². The highest BCUT2D eigenvalue weighted by Crippen LogP contribution is 2.41. The molecule has 9 nitrogen and oxygen atoms in total. The largest absolute Gasteiger partial charge is 0.505 e. The highest BCUT2D eigenvalue weighted by Gasteiger charge is 2.23. The summed E-state index contributed by atoms with van der Waals surface area (Å²) in [6, 6.07) is 16.0. The van der Waals surface area contributed by atoms with Gasteiger partial charge in [-0.15, -0.1) is 5.11 Å². The number of aromatic hydroxyl groups is 1. The third kappa shape index (κ3) is 5.30. The lowest BCUT2D eigenvalue weighted by molar-refractivity contribution is 0.102. The van der Waals surface area contributed by atoms with Gasteiger partial charge in [0.2, 0.25) is 0 Å². The molecule has 12 heteroatoms. The van der Waals surface area contributed by atoms with E-state index in [1.54, 1.807) is 49.4 Å². The molecule has 4 rings (SSSR count). The first kappa shape index (κ1) is 27.3. The number of azo groups is 1. The minimum atomic E-state index is -4.64. The number of fused-ring (bicyclic) bond motifs is 1. The number of halogens is 2. The maximum atomic E-state index is 13.2. The molecule has 4 aromatic rings. The monoisotopic (exact) mass is 573 g/mol. The average molecular weight is 574 g/mol. The lowest BCUT2D eigenvalue weighted by atomic mass is 10.0. The summed E-state index contributed by atoms with van der Waals surface area (Å²) in [7, 11) is -3.22. The molecule has 0 aliphatic carbocycles. The third-order valence-electron chi connectivity index (χ3n) is 5.72. The molecule has 0 saturated heterocycles. The highest BCUT2D eigenvalue weighted by atomic mass is 35.5. The maximum Gasteiger partial charge on any atom is 0.296 e. The van der Waals surface area contributed by atoms with Crippen molar-refractivity contribution >= 4 is 67.1 Å². The van der Waals surface area contributed by atoms with Crippen LogP contribution in [0.25, 0.3) is 10.8 Å². The summed E-state index contributed by atoms with van der Waals surface area (Å²) in [5.74, 6) is -0.847. The van der Waals surface area contributed by atoms with Gasteiger partial charge in [0.25, 0.3) is 16.0 Å². The highest BCUT2D eigenvalue weighted by molar-refractivity contribution is 7.86. The lowest BCUT2D eigenvalue weighted by Crippen LogP contribution is -2.13. The molecular weight excluding hydrogens is 553 g/mol. The Labute approximate surface area is 228 Å². The second-order valence-electron chi connectivity index (χ2n) is 8.02. The predicted octanol–water partition coefficient (Wildman–Crippen LogP) is 7.34. The minimum Gasteiger partial charge on any atom is -0.505 e. The van der Waals surface area contributed by atoms with Crippen molar-refractivity contribution < 1.29 is 27.6 Å². The zero-order valence-electron chi connectivity index (χ0n) is 20.1. The van der Waals surface area contributed by atoms with E-state index in [0.29, 0.717) is 21.5 Å². The van der Waals surface area contributed by atoms with Crippen LogP contribution in [-0.2, 0) is 16.5 Å². The van der Waals surface area contributed by atoms with Gasteiger partial charge in [-0.1, -0.05) is 60.5 Å². The molecular formula is C26H21Cl2N3O6S. The van der Waals surface area contributed by atoms with Gasteiger partial charge < -0.3 is 15.2 Å². The van der Waals surface area contributed by atoms with Crippen molar-refractivity contribution in [3.8, 4) is 11.5 Å². The smallest absolute Gasteiger partial charge is 0.296 e. The fourth-order valence-electron chi connectivity index (χ4n) is 4.00. The first-order valence-corrected chi connectivity index (χ1v) is 13.4. The summed E-state index contributed by atoms with van der Waals surface area (Å²) in [5, 5.41) is 23.4. The van der Waals surface area contributed by atoms with Crippen LogP contribution < -0.4 is 10.1 Å². The number of phenolic OH excluding ortho intramolecular Hbond substituents is 1. The first-order valence-electron chi connectivity index (χ1n) is 11.2. The number of carbonyl (C=O) groups excluding carboxylic acids is 1. The van der Waals surface area contributed by atoms with Crippen molar-refractivity contribution in [2.45, 2.75) is 18.2 Å². The Hall–Kier alpha value is -3.70. The van der Waals surface area contributed by atoms with E-state index in [4.69, 9.17) is 27.9 Å². The zero-order chi connectivity index (χ0) is 27.6. The Morgan fingerprint density at radius 2 is 1.76 bits per heavy atom. The van der Waals surface area contributed by atoms with Crippen molar-refractivity contribution in [1.29, 1.82) is 0 Å². The van der Waals surface area contributed by atoms with Crippen LogP contribution in [0.3, 0.4) is 0 Å². The number of carbonyl (C=O) groups is 1. The number of phenols is 1. The van der Waals surface area contributed by atoms with E-state index in [1.165, 1.54) is 25.3 Å². The van der Waals surface area contributed by atoms with Gasteiger partial charge in [-0.2, -0.15) is 13.5 Å². The first-order chi connectivity index (χ1) is 18.1. The van der Waals surface area contributed by atoms with E-state index in [-0.39, 0.29) is 39.7 Å². The number of amides is 1. The molecule has 1 amide bonds. The minimum absolute atomic E-state index is 0.0169. The number of para-hydroxylation sites is 1. The number of hydrogen-bond donors (Lipinski definition) is 3. The second-order valence-corrected chi connectivity index (χ2v) is 10.2. The second kappa shape index (κ2) is 11.0. The molecule has 3 N–H and O–H groups in total. The topological polar surface area (TPSA) is 138 Å². The fourth-order valence-corrected chi connectivity index (χ4v) is 5.60. The number of hydrogen-bond acceptors (Lipinski definition) is 7. The summed E-state index contributed by atoms with van der Waals surface area (Å²) in [4.78, 5) is 12.8. The number of benzene rings is 4. The molecule has 0 aliphatic rings. The van der Waals surface area contributed by atoms with E-state index >= 15 is 0 Å². The van der Waals surface area contributed by atoms with Crippen LogP contribution in [0.4, 0.5) is 17.1 Å². The summed E-state index contributed by atoms with van der Waals surface area (Å²) in [5.41, 5.74) is 0.454. The van der Waals surface area contributed by atoms with Gasteiger partial charge in [-0.3, -0.25) is 9.35 Å². The van der Waals surface area contributed by atoms with Gasteiger partial charge in [0.1, 0.15) is 10.6 Å². The number of ether oxygens (including phenoxy) is 1. The lowest BCUT2D eigenvalue weighted by Gasteiger charge is -2.14. The normalized spacial score (nSPS) is 11.7. The summed E-state index contributed by atoms with van der Waals surface area (Å²) < 4.78 is 38.8. The molecule has 0 heterocycles. The molecule has 38 heavy (non-hydrogen) atoms. The van der Waals surface area contributed by atoms with Gasteiger partial charge in [0.15, 0.2) is 11.5 Å². The van der Waals surface area contributed by atoms with Crippen molar-refractivity contribution in [1.82, 2.24) is 0 Å². The summed E-state index contributed by atoms with van der Waals surface area (Å²) >= 11 is 12.2. The van der Waals surface area contributed by atoms with E-state index in [0.717, 1.165) is 0 Å². The molecule has 196 valence electrons. The van der Waals surface area contributed by atoms with Crippen molar-refractivity contribution in [2.24, 2.45) is 10.2 Å². The molecule has 0 bridgehead atoms. The molecule has 0 unspecified atom stereocenters. The van der Waals surface area contributed by atoms with Gasteiger partial charge in [-0.05, 0) is 42.1 Å².